The largest absolute Gasteiger partial charge is 0.481 e. The molecule has 0 aliphatic carbocycles. The molecule has 1 unspecified atom stereocenters. The number of benzene rings is 1. The molecule has 0 bridgehead atoms. The minimum Gasteiger partial charge on any atom is -0.481 e. The lowest BCUT2D eigenvalue weighted by atomic mass is 10.2. The van der Waals surface area contributed by atoms with E-state index in [1.54, 1.807) is 26.0 Å². The number of rotatable bonds is 5. The van der Waals surface area contributed by atoms with Crippen LogP contribution in [0.25, 0.3) is 0 Å². The number of amides is 1. The van der Waals surface area contributed by atoms with E-state index in [0.717, 1.165) is 6.42 Å². The fraction of sp³-hybridized carbons (Fsp3) is 0.462. The SMILES string of the molecule is CCCNC(=O)C(C)Oc1ccc(C)c(F)c1. The first-order valence-corrected chi connectivity index (χ1v) is 5.75. The predicted molar refractivity (Wildman–Crippen MR) is 64.5 cm³/mol. The molecule has 1 aromatic rings. The van der Waals surface area contributed by atoms with Gasteiger partial charge >= 0.3 is 0 Å². The highest BCUT2D eigenvalue weighted by molar-refractivity contribution is 5.80. The van der Waals surface area contributed by atoms with Crippen LogP contribution in [-0.4, -0.2) is 18.6 Å². The number of hydrogen-bond donors (Lipinski definition) is 1. The Balaban J connectivity index is 2.58. The standard InChI is InChI=1S/C13H18FNO2/c1-4-7-15-13(16)10(3)17-11-6-5-9(2)12(14)8-11/h5-6,8,10H,4,7H2,1-3H3,(H,15,16). The Morgan fingerprint density at radius 3 is 2.82 bits per heavy atom. The summed E-state index contributed by atoms with van der Waals surface area (Å²) in [5.74, 6) is -0.149. The van der Waals surface area contributed by atoms with Crippen molar-refractivity contribution in [1.29, 1.82) is 0 Å². The summed E-state index contributed by atoms with van der Waals surface area (Å²) in [6, 6.07) is 4.57. The van der Waals surface area contributed by atoms with Gasteiger partial charge in [0.2, 0.25) is 0 Å². The molecule has 0 aromatic heterocycles. The molecular formula is C13H18FNO2. The highest BCUT2D eigenvalue weighted by Gasteiger charge is 2.14. The molecule has 94 valence electrons. The number of carbonyl (C=O) groups is 1. The van der Waals surface area contributed by atoms with Gasteiger partial charge < -0.3 is 10.1 Å². The Labute approximate surface area is 101 Å². The third-order valence-electron chi connectivity index (χ3n) is 2.37. The van der Waals surface area contributed by atoms with E-state index in [0.29, 0.717) is 17.9 Å². The molecule has 0 heterocycles. The summed E-state index contributed by atoms with van der Waals surface area (Å²) in [5.41, 5.74) is 0.556. The topological polar surface area (TPSA) is 38.3 Å². The third kappa shape index (κ3) is 4.06. The van der Waals surface area contributed by atoms with Gasteiger partial charge in [-0.3, -0.25) is 4.79 Å². The Morgan fingerprint density at radius 2 is 2.24 bits per heavy atom. The van der Waals surface area contributed by atoms with Gasteiger partial charge in [-0.2, -0.15) is 0 Å². The lowest BCUT2D eigenvalue weighted by Crippen LogP contribution is -2.36. The molecule has 0 saturated heterocycles. The highest BCUT2D eigenvalue weighted by atomic mass is 19.1. The highest BCUT2D eigenvalue weighted by Crippen LogP contribution is 2.17. The van der Waals surface area contributed by atoms with Crippen LogP contribution in [0.3, 0.4) is 0 Å². The number of halogens is 1. The lowest BCUT2D eigenvalue weighted by molar-refractivity contribution is -0.127. The predicted octanol–water partition coefficient (Wildman–Crippen LogP) is 2.43. The summed E-state index contributed by atoms with van der Waals surface area (Å²) in [5, 5.41) is 2.72. The van der Waals surface area contributed by atoms with Gasteiger partial charge in [0.15, 0.2) is 6.10 Å². The molecule has 0 spiro atoms. The zero-order valence-electron chi connectivity index (χ0n) is 10.4. The molecule has 0 radical (unpaired) electrons. The molecule has 4 heteroatoms. The van der Waals surface area contributed by atoms with Crippen LogP contribution in [0, 0.1) is 12.7 Å². The second-order valence-electron chi connectivity index (χ2n) is 3.96. The quantitative estimate of drug-likeness (QED) is 0.857. The molecule has 0 saturated carbocycles. The van der Waals surface area contributed by atoms with E-state index < -0.39 is 6.10 Å². The van der Waals surface area contributed by atoms with E-state index in [9.17, 15) is 9.18 Å². The minimum atomic E-state index is -0.622. The second kappa shape index (κ2) is 6.23. The van der Waals surface area contributed by atoms with Crippen LogP contribution < -0.4 is 10.1 Å². The third-order valence-corrected chi connectivity index (χ3v) is 2.37. The normalized spacial score (nSPS) is 12.0. The number of aryl methyl sites for hydroxylation is 1. The van der Waals surface area contributed by atoms with Crippen LogP contribution in [-0.2, 0) is 4.79 Å². The van der Waals surface area contributed by atoms with Crippen LogP contribution in [0.4, 0.5) is 4.39 Å². The van der Waals surface area contributed by atoms with Crippen molar-refractivity contribution in [3.8, 4) is 5.75 Å². The van der Waals surface area contributed by atoms with Gasteiger partial charge in [-0.15, -0.1) is 0 Å². The Hall–Kier alpha value is -1.58. The molecule has 0 fully saturated rings. The molecule has 17 heavy (non-hydrogen) atoms. The van der Waals surface area contributed by atoms with Crippen LogP contribution in [0.5, 0.6) is 5.75 Å². The van der Waals surface area contributed by atoms with Gasteiger partial charge in [0.25, 0.3) is 5.91 Å². The van der Waals surface area contributed by atoms with E-state index in [1.165, 1.54) is 6.07 Å². The van der Waals surface area contributed by atoms with Crippen molar-refractivity contribution in [1.82, 2.24) is 5.32 Å². The maximum atomic E-state index is 13.3. The Bertz CT molecular complexity index is 393. The molecule has 1 aromatic carbocycles. The fourth-order valence-electron chi connectivity index (χ4n) is 1.30. The Morgan fingerprint density at radius 1 is 1.53 bits per heavy atom. The Kier molecular flexibility index (Phi) is 4.94. The second-order valence-corrected chi connectivity index (χ2v) is 3.96. The number of ether oxygens (including phenoxy) is 1. The van der Waals surface area contributed by atoms with Crippen molar-refractivity contribution in [2.45, 2.75) is 33.3 Å². The van der Waals surface area contributed by atoms with Crippen LogP contribution in [0.2, 0.25) is 0 Å². The molecule has 1 amide bonds. The molecule has 0 aliphatic heterocycles. The first-order valence-electron chi connectivity index (χ1n) is 5.75. The van der Waals surface area contributed by atoms with Gasteiger partial charge in [-0.25, -0.2) is 4.39 Å². The van der Waals surface area contributed by atoms with E-state index in [1.807, 2.05) is 6.92 Å². The number of carbonyl (C=O) groups excluding carboxylic acids is 1. The summed E-state index contributed by atoms with van der Waals surface area (Å²) in [7, 11) is 0. The van der Waals surface area contributed by atoms with Gasteiger partial charge in [0.1, 0.15) is 11.6 Å². The molecule has 1 rings (SSSR count). The first kappa shape index (κ1) is 13.5. The lowest BCUT2D eigenvalue weighted by Gasteiger charge is -2.14. The number of hydrogen-bond acceptors (Lipinski definition) is 2. The summed E-state index contributed by atoms with van der Waals surface area (Å²) in [4.78, 5) is 11.5. The van der Waals surface area contributed by atoms with Crippen molar-refractivity contribution >= 4 is 5.91 Å². The van der Waals surface area contributed by atoms with Gasteiger partial charge in [0, 0.05) is 12.6 Å². The zero-order valence-corrected chi connectivity index (χ0v) is 10.4. The summed E-state index contributed by atoms with van der Waals surface area (Å²) in [6.45, 7) is 5.91. The van der Waals surface area contributed by atoms with Crippen molar-refractivity contribution in [3.05, 3.63) is 29.6 Å². The van der Waals surface area contributed by atoms with Crippen molar-refractivity contribution < 1.29 is 13.9 Å². The molecule has 1 N–H and O–H groups in total. The molecule has 0 aliphatic rings. The van der Waals surface area contributed by atoms with E-state index in [4.69, 9.17) is 4.74 Å². The maximum Gasteiger partial charge on any atom is 0.260 e. The van der Waals surface area contributed by atoms with Crippen molar-refractivity contribution in [2.75, 3.05) is 6.54 Å². The number of nitrogens with one attached hydrogen (secondary N) is 1. The van der Waals surface area contributed by atoms with Gasteiger partial charge in [-0.1, -0.05) is 13.0 Å². The van der Waals surface area contributed by atoms with E-state index in [-0.39, 0.29) is 11.7 Å². The summed E-state index contributed by atoms with van der Waals surface area (Å²) < 4.78 is 18.6. The molecule has 3 nitrogen and oxygen atoms in total. The average molecular weight is 239 g/mol. The average Bonchev–Trinajstić information content (AvgIpc) is 2.30. The van der Waals surface area contributed by atoms with E-state index in [2.05, 4.69) is 5.32 Å². The van der Waals surface area contributed by atoms with Crippen molar-refractivity contribution in [2.24, 2.45) is 0 Å². The molecular weight excluding hydrogens is 221 g/mol. The van der Waals surface area contributed by atoms with Gasteiger partial charge in [-0.05, 0) is 31.9 Å². The van der Waals surface area contributed by atoms with Crippen LogP contribution >= 0.6 is 0 Å². The fourth-order valence-corrected chi connectivity index (χ4v) is 1.30. The van der Waals surface area contributed by atoms with Crippen molar-refractivity contribution in [3.63, 3.8) is 0 Å². The zero-order chi connectivity index (χ0) is 12.8. The summed E-state index contributed by atoms with van der Waals surface area (Å²) >= 11 is 0. The minimum absolute atomic E-state index is 0.187. The molecule has 1 atom stereocenters. The van der Waals surface area contributed by atoms with Crippen LogP contribution in [0.15, 0.2) is 18.2 Å². The monoisotopic (exact) mass is 239 g/mol. The van der Waals surface area contributed by atoms with Gasteiger partial charge in [0.05, 0.1) is 0 Å². The van der Waals surface area contributed by atoms with E-state index >= 15 is 0 Å². The smallest absolute Gasteiger partial charge is 0.260 e. The maximum absolute atomic E-state index is 13.3. The first-order chi connectivity index (χ1) is 8.04. The van der Waals surface area contributed by atoms with Crippen LogP contribution in [0.1, 0.15) is 25.8 Å². The summed E-state index contributed by atoms with van der Waals surface area (Å²) in [6.07, 6.45) is 0.251.